The minimum absolute atomic E-state index is 0.162. The molecular formula is C23H21N7. The van der Waals surface area contributed by atoms with E-state index in [1.165, 1.54) is 0 Å². The van der Waals surface area contributed by atoms with Gasteiger partial charge in [-0.2, -0.15) is 15.0 Å². The van der Waals surface area contributed by atoms with Crippen molar-refractivity contribution in [3.05, 3.63) is 71.7 Å². The number of nitrogen functional groups attached to an aromatic ring is 1. The fourth-order valence-corrected chi connectivity index (χ4v) is 3.06. The van der Waals surface area contributed by atoms with Gasteiger partial charge in [-0.05, 0) is 36.2 Å². The summed E-state index contributed by atoms with van der Waals surface area (Å²) in [5, 5.41) is 8.91. The first-order valence-electron chi connectivity index (χ1n) is 9.60. The number of terminal acetylenes is 1. The van der Waals surface area contributed by atoms with E-state index in [9.17, 15) is 0 Å². The molecule has 148 valence electrons. The summed E-state index contributed by atoms with van der Waals surface area (Å²) >= 11 is 0. The van der Waals surface area contributed by atoms with Gasteiger partial charge in [0.05, 0.1) is 23.3 Å². The maximum atomic E-state index is 5.95. The van der Waals surface area contributed by atoms with Crippen LogP contribution >= 0.6 is 0 Å². The molecule has 3 aromatic heterocycles. The van der Waals surface area contributed by atoms with Crippen LogP contribution in [0.2, 0.25) is 0 Å². The van der Waals surface area contributed by atoms with Crippen LogP contribution in [0, 0.1) is 12.3 Å². The van der Waals surface area contributed by atoms with Crippen LogP contribution in [0.15, 0.2) is 54.7 Å². The van der Waals surface area contributed by atoms with Crippen LogP contribution in [0.4, 0.5) is 5.95 Å². The first-order chi connectivity index (χ1) is 14.5. The fourth-order valence-electron chi connectivity index (χ4n) is 3.06. The van der Waals surface area contributed by atoms with E-state index in [2.05, 4.69) is 44.9 Å². The lowest BCUT2D eigenvalue weighted by atomic mass is 10.1. The maximum absolute atomic E-state index is 5.95. The molecule has 0 saturated heterocycles. The molecule has 3 heterocycles. The molecule has 0 saturated carbocycles. The molecule has 7 nitrogen and oxygen atoms in total. The number of rotatable bonds is 5. The number of benzene rings is 1. The Labute approximate surface area is 175 Å². The second kappa shape index (κ2) is 8.13. The monoisotopic (exact) mass is 395 g/mol. The molecule has 0 spiro atoms. The number of nitrogens with zero attached hydrogens (tertiary/aromatic N) is 6. The third kappa shape index (κ3) is 4.18. The molecule has 0 fully saturated rings. The van der Waals surface area contributed by atoms with Crippen molar-refractivity contribution < 1.29 is 0 Å². The molecule has 0 amide bonds. The topological polar surface area (TPSA) is 95.4 Å². The van der Waals surface area contributed by atoms with Crippen LogP contribution in [0.5, 0.6) is 0 Å². The zero-order valence-corrected chi connectivity index (χ0v) is 16.8. The maximum Gasteiger partial charge on any atom is 0.221 e. The summed E-state index contributed by atoms with van der Waals surface area (Å²) in [5.74, 6) is 3.15. The molecule has 0 aliphatic heterocycles. The van der Waals surface area contributed by atoms with Gasteiger partial charge in [0.15, 0.2) is 0 Å². The molecule has 1 aromatic carbocycles. The van der Waals surface area contributed by atoms with Crippen LogP contribution in [-0.2, 0) is 6.54 Å². The predicted molar refractivity (Wildman–Crippen MR) is 116 cm³/mol. The highest BCUT2D eigenvalue weighted by atomic mass is 15.5. The molecule has 2 N–H and O–H groups in total. The van der Waals surface area contributed by atoms with Crippen LogP contribution in [0.3, 0.4) is 0 Å². The largest absolute Gasteiger partial charge is 0.368 e. The second-order valence-corrected chi connectivity index (χ2v) is 7.19. The number of nitrogens with two attached hydrogens (primary N) is 1. The fraction of sp³-hybridized carbons (Fsp3) is 0.174. The molecule has 7 heteroatoms. The molecule has 0 aliphatic carbocycles. The van der Waals surface area contributed by atoms with Crippen molar-refractivity contribution in [1.29, 1.82) is 0 Å². The van der Waals surface area contributed by atoms with Gasteiger partial charge in [-0.1, -0.05) is 38.0 Å². The Bertz CT molecular complexity index is 1230. The van der Waals surface area contributed by atoms with Gasteiger partial charge >= 0.3 is 0 Å². The number of pyridine rings is 1. The lowest BCUT2D eigenvalue weighted by Crippen LogP contribution is -2.07. The van der Waals surface area contributed by atoms with E-state index in [0.29, 0.717) is 29.5 Å². The van der Waals surface area contributed by atoms with Crippen LogP contribution < -0.4 is 5.73 Å². The Morgan fingerprint density at radius 3 is 2.60 bits per heavy atom. The second-order valence-electron chi connectivity index (χ2n) is 7.19. The summed E-state index contributed by atoms with van der Waals surface area (Å²) in [4.78, 5) is 14.9. The van der Waals surface area contributed by atoms with Gasteiger partial charge in [-0.25, -0.2) is 9.97 Å². The van der Waals surface area contributed by atoms with Gasteiger partial charge in [0.25, 0.3) is 0 Å². The van der Waals surface area contributed by atoms with Crippen molar-refractivity contribution in [2.75, 3.05) is 5.73 Å². The molecule has 30 heavy (non-hydrogen) atoms. The highest BCUT2D eigenvalue weighted by Gasteiger charge is 2.12. The molecule has 4 aromatic rings. The standard InChI is InChI=1S/C23H21N7/c1-4-16-7-5-8-17(11-16)20-12-21(28-23(24)27-20)22-13-25-30(29-22)14-18-9-6-10-19(26-18)15(2)3/h1,5-13,15H,14H2,2-3H3,(H2,24,27,28). The lowest BCUT2D eigenvalue weighted by Gasteiger charge is -2.07. The Morgan fingerprint density at radius 2 is 1.80 bits per heavy atom. The van der Waals surface area contributed by atoms with Crippen LogP contribution in [-0.4, -0.2) is 29.9 Å². The SMILES string of the molecule is C#Cc1cccc(-c2cc(-c3cnn(Cc4cccc(C(C)C)n4)n3)nc(N)n2)c1. The van der Waals surface area contributed by atoms with Gasteiger partial charge in [0, 0.05) is 16.8 Å². The van der Waals surface area contributed by atoms with Gasteiger partial charge < -0.3 is 5.73 Å². The summed E-state index contributed by atoms with van der Waals surface area (Å²) in [6, 6.07) is 15.4. The number of hydrogen-bond acceptors (Lipinski definition) is 6. The van der Waals surface area contributed by atoms with Crippen molar-refractivity contribution >= 4 is 5.95 Å². The van der Waals surface area contributed by atoms with Crippen LogP contribution in [0.1, 0.15) is 36.7 Å². The lowest BCUT2D eigenvalue weighted by molar-refractivity contribution is 0.580. The quantitative estimate of drug-likeness (QED) is 0.519. The van der Waals surface area contributed by atoms with Crippen molar-refractivity contribution in [3.63, 3.8) is 0 Å². The summed E-state index contributed by atoms with van der Waals surface area (Å²) in [5.41, 5.74) is 11.4. The minimum atomic E-state index is 0.162. The Hall–Kier alpha value is -4.05. The van der Waals surface area contributed by atoms with Crippen molar-refractivity contribution in [1.82, 2.24) is 29.9 Å². The first kappa shape index (κ1) is 19.3. The molecule has 4 rings (SSSR count). The highest BCUT2D eigenvalue weighted by molar-refractivity contribution is 5.68. The first-order valence-corrected chi connectivity index (χ1v) is 9.60. The Morgan fingerprint density at radius 1 is 1.00 bits per heavy atom. The molecule has 0 unspecified atom stereocenters. The van der Waals surface area contributed by atoms with Gasteiger partial charge in [-0.3, -0.25) is 4.98 Å². The Balaban J connectivity index is 1.63. The number of aromatic nitrogens is 6. The van der Waals surface area contributed by atoms with Gasteiger partial charge in [0.1, 0.15) is 12.2 Å². The third-order valence-electron chi connectivity index (χ3n) is 4.59. The molecular weight excluding hydrogens is 374 g/mol. The minimum Gasteiger partial charge on any atom is -0.368 e. The third-order valence-corrected chi connectivity index (χ3v) is 4.59. The molecule has 0 bridgehead atoms. The highest BCUT2D eigenvalue weighted by Crippen LogP contribution is 2.24. The number of anilines is 1. The summed E-state index contributed by atoms with van der Waals surface area (Å²) in [6.07, 6.45) is 7.17. The van der Waals surface area contributed by atoms with Crippen molar-refractivity contribution in [3.8, 4) is 35.0 Å². The predicted octanol–water partition coefficient (Wildman–Crippen LogP) is 3.53. The van der Waals surface area contributed by atoms with E-state index in [4.69, 9.17) is 12.2 Å². The van der Waals surface area contributed by atoms with E-state index >= 15 is 0 Å². The van der Waals surface area contributed by atoms with E-state index in [0.717, 1.165) is 22.5 Å². The molecule has 0 aliphatic rings. The van der Waals surface area contributed by atoms with E-state index in [-0.39, 0.29) is 5.95 Å². The van der Waals surface area contributed by atoms with Crippen molar-refractivity contribution in [2.24, 2.45) is 0 Å². The number of hydrogen-bond donors (Lipinski definition) is 1. The average Bonchev–Trinajstić information content (AvgIpc) is 3.22. The molecule has 0 atom stereocenters. The zero-order valence-electron chi connectivity index (χ0n) is 16.8. The summed E-state index contributed by atoms with van der Waals surface area (Å²) in [6.45, 7) is 4.71. The molecule has 0 radical (unpaired) electrons. The van der Waals surface area contributed by atoms with E-state index in [1.54, 1.807) is 11.0 Å². The van der Waals surface area contributed by atoms with E-state index in [1.807, 2.05) is 48.5 Å². The summed E-state index contributed by atoms with van der Waals surface area (Å²) < 4.78 is 0. The van der Waals surface area contributed by atoms with Crippen molar-refractivity contribution in [2.45, 2.75) is 26.3 Å². The summed E-state index contributed by atoms with van der Waals surface area (Å²) in [7, 11) is 0. The zero-order chi connectivity index (χ0) is 21.1. The average molecular weight is 395 g/mol. The van der Waals surface area contributed by atoms with Gasteiger partial charge in [-0.15, -0.1) is 6.42 Å². The van der Waals surface area contributed by atoms with Gasteiger partial charge in [0.2, 0.25) is 5.95 Å². The van der Waals surface area contributed by atoms with Crippen LogP contribution in [0.25, 0.3) is 22.6 Å². The van der Waals surface area contributed by atoms with E-state index < -0.39 is 0 Å². The normalized spacial score (nSPS) is 10.9. The smallest absolute Gasteiger partial charge is 0.221 e. The Kier molecular flexibility index (Phi) is 5.22.